The number of pyridine rings is 1. The summed E-state index contributed by atoms with van der Waals surface area (Å²) in [6, 6.07) is 3.44. The van der Waals surface area contributed by atoms with Crippen molar-refractivity contribution in [3.8, 4) is 22.8 Å². The first-order valence-electron chi connectivity index (χ1n) is 9.25. The second-order valence-corrected chi connectivity index (χ2v) is 8.55. The van der Waals surface area contributed by atoms with E-state index < -0.39 is 0 Å². The molecule has 1 aromatic carbocycles. The molecule has 1 unspecified atom stereocenters. The molecule has 1 atom stereocenters. The van der Waals surface area contributed by atoms with E-state index >= 15 is 0 Å². The van der Waals surface area contributed by atoms with Gasteiger partial charge in [-0.05, 0) is 25.2 Å². The number of ether oxygens (including phenoxy) is 2. The van der Waals surface area contributed by atoms with Crippen LogP contribution in [0.2, 0.25) is 10.0 Å². The summed E-state index contributed by atoms with van der Waals surface area (Å²) in [6.45, 7) is 0. The highest BCUT2D eigenvalue weighted by molar-refractivity contribution is 7.99. The summed E-state index contributed by atoms with van der Waals surface area (Å²) in [7, 11) is 3.03. The lowest BCUT2D eigenvalue weighted by Gasteiger charge is -2.24. The molecule has 1 fully saturated rings. The number of benzene rings is 1. The van der Waals surface area contributed by atoms with E-state index in [0.717, 1.165) is 18.4 Å². The molecule has 2 aromatic rings. The number of halogens is 2. The van der Waals surface area contributed by atoms with Gasteiger partial charge in [0, 0.05) is 29.3 Å². The number of nitrogens with one attached hydrogen (secondary N) is 2. The van der Waals surface area contributed by atoms with Crippen LogP contribution in [0.4, 0.5) is 11.5 Å². The summed E-state index contributed by atoms with van der Waals surface area (Å²) in [4.78, 5) is 21.7. The highest BCUT2D eigenvalue weighted by Gasteiger charge is 2.31. The minimum atomic E-state index is -0.161. The maximum Gasteiger partial charge on any atom is 0.228 e. The van der Waals surface area contributed by atoms with Gasteiger partial charge in [0.1, 0.15) is 11.5 Å². The Balaban J connectivity index is 1.88. The van der Waals surface area contributed by atoms with Crippen LogP contribution in [0.15, 0.2) is 17.1 Å². The summed E-state index contributed by atoms with van der Waals surface area (Å²) in [5.41, 5.74) is 2.25. The van der Waals surface area contributed by atoms with Crippen LogP contribution in [-0.2, 0) is 4.79 Å². The molecule has 10 heteroatoms. The molecule has 4 rings (SSSR count). The average Bonchev–Trinajstić information content (AvgIpc) is 3.59. The number of aliphatic imine (C=N–C) groups is 1. The lowest BCUT2D eigenvalue weighted by atomic mass is 10.1. The van der Waals surface area contributed by atoms with Gasteiger partial charge in [0.05, 0.1) is 35.6 Å². The van der Waals surface area contributed by atoms with Crippen molar-refractivity contribution in [1.82, 2.24) is 4.98 Å². The van der Waals surface area contributed by atoms with Crippen LogP contribution in [0.1, 0.15) is 18.4 Å². The number of hydrogen-bond donors (Lipinski definition) is 2. The van der Waals surface area contributed by atoms with Gasteiger partial charge in [-0.2, -0.15) is 0 Å². The third-order valence-corrected chi connectivity index (χ3v) is 6.35. The molecule has 1 aliphatic heterocycles. The number of carbonyl (C=O) groups is 1. The number of thioether (sulfide) groups is 1. The average molecular weight is 467 g/mol. The molecular formula is C20H20Cl2N4O3S. The Bertz CT molecular complexity index is 1020. The molecule has 7 nitrogen and oxygen atoms in total. The number of nitrogens with zero attached hydrogens (tertiary/aromatic N) is 2. The van der Waals surface area contributed by atoms with Crippen LogP contribution in [0.5, 0.6) is 11.5 Å². The van der Waals surface area contributed by atoms with Gasteiger partial charge in [-0.15, -0.1) is 11.8 Å². The second-order valence-electron chi connectivity index (χ2n) is 6.88. The monoisotopic (exact) mass is 466 g/mol. The first kappa shape index (κ1) is 21.1. The van der Waals surface area contributed by atoms with Crippen LogP contribution in [-0.4, -0.2) is 43.1 Å². The molecule has 0 radical (unpaired) electrons. The quantitative estimate of drug-likeness (QED) is 0.628. The summed E-state index contributed by atoms with van der Waals surface area (Å²) < 4.78 is 10.7. The van der Waals surface area contributed by atoms with Gasteiger partial charge in [0.15, 0.2) is 11.3 Å². The van der Waals surface area contributed by atoms with Gasteiger partial charge in [-0.25, -0.2) is 4.98 Å². The number of amides is 1. The first-order valence-corrected chi connectivity index (χ1v) is 11.3. The van der Waals surface area contributed by atoms with Crippen molar-refractivity contribution < 1.29 is 14.3 Å². The van der Waals surface area contributed by atoms with Crippen LogP contribution in [0.25, 0.3) is 11.3 Å². The molecule has 0 bridgehead atoms. The zero-order chi connectivity index (χ0) is 21.4. The van der Waals surface area contributed by atoms with E-state index in [2.05, 4.69) is 15.6 Å². The molecular weight excluding hydrogens is 447 g/mol. The predicted octanol–water partition coefficient (Wildman–Crippen LogP) is 4.91. The smallest absolute Gasteiger partial charge is 0.228 e. The zero-order valence-electron chi connectivity index (χ0n) is 16.6. The highest BCUT2D eigenvalue weighted by atomic mass is 35.5. The fraction of sp³-hybridized carbons (Fsp3) is 0.350. The van der Waals surface area contributed by atoms with Crippen molar-refractivity contribution in [1.29, 1.82) is 0 Å². The van der Waals surface area contributed by atoms with E-state index in [-0.39, 0.29) is 17.3 Å². The third-order valence-electron chi connectivity index (χ3n) is 4.91. The normalized spacial score (nSPS) is 17.2. The summed E-state index contributed by atoms with van der Waals surface area (Å²) >= 11 is 14.7. The maximum atomic E-state index is 12.5. The fourth-order valence-electron chi connectivity index (χ4n) is 3.14. The Morgan fingerprint density at radius 3 is 2.43 bits per heavy atom. The Hall–Kier alpha value is -2.16. The fourth-order valence-corrected chi connectivity index (χ4v) is 4.25. The molecule has 2 aliphatic rings. The molecule has 1 amide bonds. The van der Waals surface area contributed by atoms with Gasteiger partial charge >= 0.3 is 0 Å². The SMILES string of the molecule is COc1cc(OC)c(Cl)c(-c2cc3c(c(NC(=O)C4CC4)n2)NC(SC)N=C3)c1Cl. The van der Waals surface area contributed by atoms with E-state index in [1.54, 1.807) is 24.0 Å². The number of anilines is 2. The predicted molar refractivity (Wildman–Crippen MR) is 123 cm³/mol. The van der Waals surface area contributed by atoms with Crippen molar-refractivity contribution in [3.63, 3.8) is 0 Å². The van der Waals surface area contributed by atoms with Crippen molar-refractivity contribution in [2.24, 2.45) is 10.9 Å². The van der Waals surface area contributed by atoms with E-state index in [1.165, 1.54) is 14.2 Å². The molecule has 2 N–H and O–H groups in total. The molecule has 158 valence electrons. The van der Waals surface area contributed by atoms with Crippen LogP contribution in [0, 0.1) is 5.92 Å². The van der Waals surface area contributed by atoms with E-state index in [9.17, 15) is 4.79 Å². The molecule has 0 spiro atoms. The van der Waals surface area contributed by atoms with Gasteiger partial charge < -0.3 is 20.1 Å². The van der Waals surface area contributed by atoms with Gasteiger partial charge in [-0.3, -0.25) is 9.79 Å². The molecule has 1 aliphatic carbocycles. The van der Waals surface area contributed by atoms with Crippen LogP contribution < -0.4 is 20.1 Å². The van der Waals surface area contributed by atoms with Crippen molar-refractivity contribution in [3.05, 3.63) is 27.7 Å². The lowest BCUT2D eigenvalue weighted by molar-refractivity contribution is -0.117. The number of methoxy groups -OCH3 is 2. The third kappa shape index (κ3) is 3.91. The standard InChI is InChI=1S/C20H20Cl2N4O3S/c1-28-12-7-13(29-2)16(22)14(15(12)21)11-6-10-8-23-20(30-3)25-17(10)18(24-11)26-19(27)9-4-5-9/h6-9,20,25H,4-5H2,1-3H3,(H,24,26,27). The number of rotatable bonds is 6. The molecule has 0 saturated heterocycles. The topological polar surface area (TPSA) is 84.8 Å². The second kappa shape index (κ2) is 8.53. The van der Waals surface area contributed by atoms with Crippen molar-refractivity contribution in [2.75, 3.05) is 31.1 Å². The van der Waals surface area contributed by atoms with Gasteiger partial charge in [-0.1, -0.05) is 23.2 Å². The summed E-state index contributed by atoms with van der Waals surface area (Å²) in [5, 5.41) is 6.86. The first-order chi connectivity index (χ1) is 14.5. The van der Waals surface area contributed by atoms with E-state index in [0.29, 0.717) is 44.3 Å². The molecule has 1 saturated carbocycles. The minimum Gasteiger partial charge on any atom is -0.495 e. The number of carbonyl (C=O) groups excluding carboxylic acids is 1. The van der Waals surface area contributed by atoms with E-state index in [1.807, 2.05) is 12.3 Å². The molecule has 2 heterocycles. The Morgan fingerprint density at radius 2 is 1.87 bits per heavy atom. The minimum absolute atomic E-state index is 0.0313. The molecule has 1 aromatic heterocycles. The number of aromatic nitrogens is 1. The van der Waals surface area contributed by atoms with Crippen LogP contribution >= 0.6 is 35.0 Å². The zero-order valence-corrected chi connectivity index (χ0v) is 18.9. The number of fused-ring (bicyclic) bond motifs is 1. The highest BCUT2D eigenvalue weighted by Crippen LogP contribution is 2.46. The van der Waals surface area contributed by atoms with Crippen molar-refractivity contribution in [2.45, 2.75) is 18.3 Å². The largest absolute Gasteiger partial charge is 0.495 e. The van der Waals surface area contributed by atoms with Gasteiger partial charge in [0.2, 0.25) is 5.91 Å². The van der Waals surface area contributed by atoms with Crippen LogP contribution in [0.3, 0.4) is 0 Å². The Morgan fingerprint density at radius 1 is 1.20 bits per heavy atom. The number of hydrogen-bond acceptors (Lipinski definition) is 7. The lowest BCUT2D eigenvalue weighted by Crippen LogP contribution is -2.23. The van der Waals surface area contributed by atoms with Gasteiger partial charge in [0.25, 0.3) is 0 Å². The molecule has 30 heavy (non-hydrogen) atoms. The van der Waals surface area contributed by atoms with E-state index in [4.69, 9.17) is 37.7 Å². The summed E-state index contributed by atoms with van der Waals surface area (Å²) in [5.74, 6) is 1.21. The Kier molecular flexibility index (Phi) is 5.99. The summed E-state index contributed by atoms with van der Waals surface area (Å²) in [6.07, 6.45) is 5.48. The Labute approximate surface area is 188 Å². The van der Waals surface area contributed by atoms with Crippen molar-refractivity contribution >= 4 is 58.6 Å². The maximum absolute atomic E-state index is 12.5.